The maximum Gasteiger partial charge on any atom is 0.226 e. The zero-order valence-electron chi connectivity index (χ0n) is 17.0. The third kappa shape index (κ3) is 2.77. The summed E-state index contributed by atoms with van der Waals surface area (Å²) in [7, 11) is 0. The second-order valence-electron chi connectivity index (χ2n) is 9.04. The number of aromatic nitrogens is 2. The number of nitriles is 1. The Kier molecular flexibility index (Phi) is 4.18. The average Bonchev–Trinajstić information content (AvgIpc) is 3.00. The molecule has 1 aromatic heterocycles. The normalized spacial score (nSPS) is 26.2. The number of fused-ring (bicyclic) bond motifs is 1. The van der Waals surface area contributed by atoms with Crippen molar-refractivity contribution < 1.29 is 4.55 Å². The molecule has 0 radical (unpaired) electrons. The Morgan fingerprint density at radius 1 is 1.28 bits per heavy atom. The number of hydrogen-bond donors (Lipinski definition) is 1. The SMILES string of the molecule is Cc1cc(C#N)nc(N2CCC3(CC2)Cc2cccc4c2[C@H]3N[S+]([O-])C4(C)C)n1. The van der Waals surface area contributed by atoms with Crippen molar-refractivity contribution in [1.29, 1.82) is 5.26 Å². The lowest BCUT2D eigenvalue weighted by atomic mass is 9.72. The van der Waals surface area contributed by atoms with Crippen LogP contribution in [0.1, 0.15) is 60.8 Å². The molecule has 0 bridgehead atoms. The van der Waals surface area contributed by atoms with Gasteiger partial charge in [0.15, 0.2) is 4.75 Å². The Bertz CT molecular complexity index is 1020. The fraction of sp³-hybridized carbons (Fsp3) is 0.500. The molecule has 5 rings (SSSR count). The van der Waals surface area contributed by atoms with E-state index in [2.05, 4.69) is 57.7 Å². The van der Waals surface area contributed by atoms with Gasteiger partial charge in [-0.15, -0.1) is 4.72 Å². The highest BCUT2D eigenvalue weighted by atomic mass is 32.2. The van der Waals surface area contributed by atoms with Gasteiger partial charge in [0.1, 0.15) is 11.8 Å². The van der Waals surface area contributed by atoms with Crippen LogP contribution in [-0.4, -0.2) is 27.6 Å². The van der Waals surface area contributed by atoms with Crippen LogP contribution < -0.4 is 9.62 Å². The molecular weight excluding hydrogens is 382 g/mol. The van der Waals surface area contributed by atoms with Crippen molar-refractivity contribution in [3.63, 3.8) is 0 Å². The van der Waals surface area contributed by atoms with Crippen LogP contribution in [0, 0.1) is 23.7 Å². The van der Waals surface area contributed by atoms with Crippen molar-refractivity contribution in [3.8, 4) is 6.07 Å². The van der Waals surface area contributed by atoms with E-state index in [9.17, 15) is 9.81 Å². The van der Waals surface area contributed by atoms with Gasteiger partial charge in [0.05, 0.1) is 6.04 Å². The highest BCUT2D eigenvalue weighted by Gasteiger charge is 2.56. The lowest BCUT2D eigenvalue weighted by Gasteiger charge is -2.46. The molecule has 1 aromatic carbocycles. The van der Waals surface area contributed by atoms with Gasteiger partial charge >= 0.3 is 0 Å². The Morgan fingerprint density at radius 2 is 2.03 bits per heavy atom. The molecule has 1 aliphatic carbocycles. The minimum Gasteiger partial charge on any atom is -0.597 e. The highest BCUT2D eigenvalue weighted by Crippen LogP contribution is 2.57. The Labute approximate surface area is 174 Å². The summed E-state index contributed by atoms with van der Waals surface area (Å²) in [5, 5.41) is 9.22. The molecule has 1 unspecified atom stereocenters. The van der Waals surface area contributed by atoms with Crippen LogP contribution >= 0.6 is 0 Å². The van der Waals surface area contributed by atoms with Crippen LogP contribution in [-0.2, 0) is 22.5 Å². The predicted molar refractivity (Wildman–Crippen MR) is 113 cm³/mol. The number of aryl methyl sites for hydroxylation is 1. The standard InChI is InChI=1S/C22H25N5OS/c1-14-11-16(13-23)25-20(24-14)27-9-7-22(8-10-27)12-15-5-4-6-17-18(15)19(22)26-29(28)21(17,2)3/h4-6,11,19,26H,7-10,12H2,1-3H3/t19-,29?/m1/s1. The van der Waals surface area contributed by atoms with Gasteiger partial charge in [-0.3, -0.25) is 0 Å². The Morgan fingerprint density at radius 3 is 2.76 bits per heavy atom. The fourth-order valence-electron chi connectivity index (χ4n) is 5.33. The number of hydrogen-bond acceptors (Lipinski definition) is 6. The topological polar surface area (TPSA) is 87.9 Å². The van der Waals surface area contributed by atoms with Crippen LogP contribution in [0.15, 0.2) is 24.3 Å². The van der Waals surface area contributed by atoms with Crippen molar-refractivity contribution in [1.82, 2.24) is 14.7 Å². The second-order valence-corrected chi connectivity index (χ2v) is 10.8. The first-order chi connectivity index (χ1) is 13.8. The monoisotopic (exact) mass is 407 g/mol. The molecule has 3 aliphatic rings. The Balaban J connectivity index is 1.44. The second kappa shape index (κ2) is 6.43. The molecule has 1 saturated heterocycles. The molecule has 29 heavy (non-hydrogen) atoms. The third-order valence-electron chi connectivity index (χ3n) is 6.98. The summed E-state index contributed by atoms with van der Waals surface area (Å²) < 4.78 is 16.1. The smallest absolute Gasteiger partial charge is 0.226 e. The number of rotatable bonds is 1. The van der Waals surface area contributed by atoms with Gasteiger partial charge < -0.3 is 9.45 Å². The van der Waals surface area contributed by atoms with Crippen LogP contribution in [0.3, 0.4) is 0 Å². The number of benzene rings is 1. The zero-order chi connectivity index (χ0) is 20.4. The number of nitrogens with zero attached hydrogens (tertiary/aromatic N) is 4. The molecule has 1 spiro atoms. The summed E-state index contributed by atoms with van der Waals surface area (Å²) in [6, 6.07) is 10.5. The molecule has 0 amide bonds. The van der Waals surface area contributed by atoms with Crippen molar-refractivity contribution in [3.05, 3.63) is 52.3 Å². The van der Waals surface area contributed by atoms with E-state index in [1.54, 1.807) is 6.07 Å². The van der Waals surface area contributed by atoms with E-state index in [0.717, 1.165) is 38.0 Å². The van der Waals surface area contributed by atoms with Gasteiger partial charge in [-0.1, -0.05) is 18.2 Å². The van der Waals surface area contributed by atoms with Crippen molar-refractivity contribution in [2.75, 3.05) is 18.0 Å². The van der Waals surface area contributed by atoms with E-state index < -0.39 is 11.4 Å². The molecule has 1 fully saturated rings. The highest BCUT2D eigenvalue weighted by molar-refractivity contribution is 7.90. The van der Waals surface area contributed by atoms with Gasteiger partial charge in [-0.25, -0.2) is 9.97 Å². The molecule has 2 atom stereocenters. The molecule has 0 saturated carbocycles. The summed E-state index contributed by atoms with van der Waals surface area (Å²) in [4.78, 5) is 11.2. The molecule has 150 valence electrons. The number of piperidine rings is 1. The maximum absolute atomic E-state index is 13.0. The van der Waals surface area contributed by atoms with Crippen LogP contribution in [0.4, 0.5) is 5.95 Å². The number of anilines is 1. The van der Waals surface area contributed by atoms with Crippen molar-refractivity contribution >= 4 is 17.3 Å². The molecular formula is C22H25N5OS. The van der Waals surface area contributed by atoms with E-state index in [-0.39, 0.29) is 16.2 Å². The first-order valence-corrected chi connectivity index (χ1v) is 11.3. The Hall–Kier alpha value is -2.14. The summed E-state index contributed by atoms with van der Waals surface area (Å²) in [5.41, 5.74) is 5.31. The third-order valence-corrected chi connectivity index (χ3v) is 8.57. The lowest BCUT2D eigenvalue weighted by Crippen LogP contribution is -2.53. The summed E-state index contributed by atoms with van der Waals surface area (Å²) >= 11 is -1.11. The molecule has 1 N–H and O–H groups in total. The van der Waals surface area contributed by atoms with E-state index in [4.69, 9.17) is 0 Å². The van der Waals surface area contributed by atoms with Gasteiger partial charge in [0.2, 0.25) is 5.95 Å². The van der Waals surface area contributed by atoms with Gasteiger partial charge in [-0.2, -0.15) is 5.26 Å². The minimum absolute atomic E-state index is 0.0724. The van der Waals surface area contributed by atoms with Crippen molar-refractivity contribution in [2.45, 2.75) is 50.8 Å². The molecule has 2 aromatic rings. The fourth-order valence-corrected chi connectivity index (χ4v) is 6.58. The van der Waals surface area contributed by atoms with E-state index in [1.165, 1.54) is 16.7 Å². The van der Waals surface area contributed by atoms with Crippen LogP contribution in [0.5, 0.6) is 0 Å². The van der Waals surface area contributed by atoms with Crippen LogP contribution in [0.25, 0.3) is 0 Å². The zero-order valence-corrected chi connectivity index (χ0v) is 17.8. The maximum atomic E-state index is 13.0. The van der Waals surface area contributed by atoms with Gasteiger partial charge in [0, 0.05) is 41.1 Å². The largest absolute Gasteiger partial charge is 0.597 e. The summed E-state index contributed by atoms with van der Waals surface area (Å²) in [6.07, 6.45) is 2.98. The average molecular weight is 408 g/mol. The van der Waals surface area contributed by atoms with Crippen LogP contribution in [0.2, 0.25) is 0 Å². The molecule has 2 aliphatic heterocycles. The van der Waals surface area contributed by atoms with E-state index in [0.29, 0.717) is 11.6 Å². The van der Waals surface area contributed by atoms with E-state index >= 15 is 0 Å². The van der Waals surface area contributed by atoms with Gasteiger partial charge in [-0.05, 0) is 57.2 Å². The summed E-state index contributed by atoms with van der Waals surface area (Å²) in [6.45, 7) is 7.71. The minimum atomic E-state index is -1.11. The first kappa shape index (κ1) is 18.9. The lowest BCUT2D eigenvalue weighted by molar-refractivity contribution is 0.172. The molecule has 3 heterocycles. The quantitative estimate of drug-likeness (QED) is 0.731. The van der Waals surface area contributed by atoms with Gasteiger partial charge in [0.25, 0.3) is 0 Å². The molecule has 6 nitrogen and oxygen atoms in total. The first-order valence-electron chi connectivity index (χ1n) is 10.2. The predicted octanol–water partition coefficient (Wildman–Crippen LogP) is 3.04. The van der Waals surface area contributed by atoms with Crippen molar-refractivity contribution in [2.24, 2.45) is 5.41 Å². The number of nitrogens with one attached hydrogen (secondary N) is 1. The van der Waals surface area contributed by atoms with E-state index in [1.807, 2.05) is 6.92 Å². The molecule has 7 heteroatoms. The summed E-state index contributed by atoms with van der Waals surface area (Å²) in [5.74, 6) is 0.647.